The summed E-state index contributed by atoms with van der Waals surface area (Å²) in [6.45, 7) is 0.179. The second kappa shape index (κ2) is 8.26. The van der Waals surface area contributed by atoms with E-state index >= 15 is 0 Å². The summed E-state index contributed by atoms with van der Waals surface area (Å²) in [5.74, 6) is 3.16. The van der Waals surface area contributed by atoms with Gasteiger partial charge in [0.25, 0.3) is 0 Å². The van der Waals surface area contributed by atoms with Crippen molar-refractivity contribution in [2.45, 2.75) is 5.92 Å². The zero-order valence-electron chi connectivity index (χ0n) is 15.9. The summed E-state index contributed by atoms with van der Waals surface area (Å²) in [5.41, 5.74) is 10.3. The fourth-order valence-electron chi connectivity index (χ4n) is 3.58. The van der Waals surface area contributed by atoms with Crippen molar-refractivity contribution in [1.29, 1.82) is 0 Å². The van der Waals surface area contributed by atoms with Gasteiger partial charge in [-0.1, -0.05) is 60.4 Å². The molecular formula is C24H18F2N2O2. The number of halogens is 2. The van der Waals surface area contributed by atoms with Crippen molar-refractivity contribution >= 4 is 11.8 Å². The van der Waals surface area contributed by atoms with Gasteiger partial charge in [-0.05, 0) is 28.3 Å². The van der Waals surface area contributed by atoms with Crippen molar-refractivity contribution in [3.63, 3.8) is 0 Å². The molecule has 3 N–H and O–H groups in total. The molecule has 0 heterocycles. The van der Waals surface area contributed by atoms with Gasteiger partial charge in [0, 0.05) is 12.0 Å². The molecule has 150 valence electrons. The van der Waals surface area contributed by atoms with Crippen LogP contribution in [0.5, 0.6) is 0 Å². The highest BCUT2D eigenvalue weighted by Gasteiger charge is 2.28. The Bertz CT molecular complexity index is 1140. The molecule has 6 heteroatoms. The Kier molecular flexibility index (Phi) is 5.36. The quantitative estimate of drug-likeness (QED) is 0.501. The van der Waals surface area contributed by atoms with E-state index in [0.29, 0.717) is 0 Å². The molecular weight excluding hydrogens is 386 g/mol. The first-order chi connectivity index (χ1) is 14.5. The van der Waals surface area contributed by atoms with Gasteiger partial charge in [-0.3, -0.25) is 0 Å². The van der Waals surface area contributed by atoms with Gasteiger partial charge in [-0.15, -0.1) is 0 Å². The normalized spacial score (nSPS) is 11.8. The number of fused-ring (bicyclic) bond motifs is 3. The molecule has 0 spiro atoms. The zero-order valence-corrected chi connectivity index (χ0v) is 15.9. The lowest BCUT2D eigenvalue weighted by atomic mass is 9.98. The average molecular weight is 404 g/mol. The van der Waals surface area contributed by atoms with Crippen LogP contribution in [0.4, 0.5) is 19.3 Å². The van der Waals surface area contributed by atoms with E-state index in [1.807, 2.05) is 36.4 Å². The van der Waals surface area contributed by atoms with Crippen LogP contribution < -0.4 is 11.1 Å². The molecule has 0 radical (unpaired) electrons. The number of amides is 1. The van der Waals surface area contributed by atoms with Crippen LogP contribution >= 0.6 is 0 Å². The molecule has 0 fully saturated rings. The van der Waals surface area contributed by atoms with E-state index in [2.05, 4.69) is 29.3 Å². The van der Waals surface area contributed by atoms with E-state index in [4.69, 9.17) is 10.5 Å². The molecule has 0 atom stereocenters. The van der Waals surface area contributed by atoms with Crippen LogP contribution in [0.2, 0.25) is 0 Å². The topological polar surface area (TPSA) is 64.3 Å². The summed E-state index contributed by atoms with van der Waals surface area (Å²) >= 11 is 0. The molecule has 0 saturated carbocycles. The minimum absolute atomic E-state index is 0.0187. The minimum atomic E-state index is -1.03. The Balaban J connectivity index is 1.36. The molecule has 30 heavy (non-hydrogen) atoms. The van der Waals surface area contributed by atoms with Gasteiger partial charge in [-0.2, -0.15) is 0 Å². The first kappa shape index (κ1) is 19.5. The molecule has 0 aliphatic heterocycles. The second-order valence-electron chi connectivity index (χ2n) is 6.83. The van der Waals surface area contributed by atoms with Crippen molar-refractivity contribution in [3.05, 3.63) is 89.0 Å². The summed E-state index contributed by atoms with van der Waals surface area (Å²) in [6, 6.07) is 17.9. The Morgan fingerprint density at radius 3 is 2.27 bits per heavy atom. The highest BCUT2D eigenvalue weighted by molar-refractivity contribution is 5.79. The van der Waals surface area contributed by atoms with E-state index in [1.54, 1.807) is 0 Å². The molecule has 0 saturated heterocycles. The average Bonchev–Trinajstić information content (AvgIpc) is 3.07. The zero-order chi connectivity index (χ0) is 21.1. The molecule has 0 aromatic heterocycles. The number of nitrogens with one attached hydrogen (secondary N) is 1. The molecule has 3 aromatic rings. The van der Waals surface area contributed by atoms with Crippen molar-refractivity contribution in [3.8, 4) is 23.0 Å². The first-order valence-electron chi connectivity index (χ1n) is 9.37. The highest BCUT2D eigenvalue weighted by atomic mass is 19.2. The molecule has 4 rings (SSSR count). The van der Waals surface area contributed by atoms with Crippen LogP contribution in [0.15, 0.2) is 60.7 Å². The van der Waals surface area contributed by atoms with Gasteiger partial charge < -0.3 is 15.8 Å². The van der Waals surface area contributed by atoms with Crippen molar-refractivity contribution in [2.75, 3.05) is 18.9 Å². The van der Waals surface area contributed by atoms with E-state index in [0.717, 1.165) is 34.4 Å². The van der Waals surface area contributed by atoms with E-state index < -0.39 is 17.7 Å². The maximum absolute atomic E-state index is 13.3. The minimum Gasteiger partial charge on any atom is -0.449 e. The third-order valence-corrected chi connectivity index (χ3v) is 4.98. The number of ether oxygens (including phenoxy) is 1. The third kappa shape index (κ3) is 3.83. The molecule has 0 bridgehead atoms. The molecule has 0 unspecified atom stereocenters. The lowest BCUT2D eigenvalue weighted by Gasteiger charge is -2.14. The number of anilines is 1. The lowest BCUT2D eigenvalue weighted by molar-refractivity contribution is 0.144. The predicted octanol–water partition coefficient (Wildman–Crippen LogP) is 4.44. The highest BCUT2D eigenvalue weighted by Crippen LogP contribution is 2.44. The summed E-state index contributed by atoms with van der Waals surface area (Å²) in [5, 5.41) is 2.53. The van der Waals surface area contributed by atoms with Gasteiger partial charge in [-0.25, -0.2) is 13.6 Å². The SMILES string of the molecule is Nc1cc(F)c(F)cc1C#CCNC(=O)OCC1c2ccccc2-c2ccccc21. The van der Waals surface area contributed by atoms with Gasteiger partial charge in [0.05, 0.1) is 17.8 Å². The maximum atomic E-state index is 13.3. The fourth-order valence-corrected chi connectivity index (χ4v) is 3.58. The van der Waals surface area contributed by atoms with E-state index in [9.17, 15) is 13.6 Å². The van der Waals surface area contributed by atoms with E-state index in [1.165, 1.54) is 0 Å². The lowest BCUT2D eigenvalue weighted by Crippen LogP contribution is -2.26. The number of nitrogen functional groups attached to an aromatic ring is 1. The molecule has 1 aliphatic carbocycles. The van der Waals surface area contributed by atoms with Crippen LogP contribution in [-0.4, -0.2) is 19.2 Å². The number of carbonyl (C=O) groups excluding carboxylic acids is 1. The Labute approximate surface area is 172 Å². The van der Waals surface area contributed by atoms with Gasteiger partial charge in [0.2, 0.25) is 0 Å². The number of hydrogen-bond acceptors (Lipinski definition) is 3. The van der Waals surface area contributed by atoms with Crippen LogP contribution in [0.25, 0.3) is 11.1 Å². The number of hydrogen-bond donors (Lipinski definition) is 2. The van der Waals surface area contributed by atoms with Gasteiger partial charge >= 0.3 is 6.09 Å². The standard InChI is InChI=1S/C24H18F2N2O2/c25-21-12-15(23(27)13-22(21)26)6-5-11-28-24(29)30-14-20-18-9-3-1-7-16(18)17-8-2-4-10-19(17)20/h1-4,7-10,12-13,20H,11,14,27H2,(H,28,29). The second-order valence-corrected chi connectivity index (χ2v) is 6.83. The van der Waals surface area contributed by atoms with Crippen molar-refractivity contribution < 1.29 is 18.3 Å². The summed E-state index contributed by atoms with van der Waals surface area (Å²) in [4.78, 5) is 12.1. The summed E-state index contributed by atoms with van der Waals surface area (Å²) < 4.78 is 31.7. The van der Waals surface area contributed by atoms with Gasteiger partial charge in [0.1, 0.15) is 6.61 Å². The molecule has 3 aromatic carbocycles. The first-order valence-corrected chi connectivity index (χ1v) is 9.37. The fraction of sp³-hybridized carbons (Fsp3) is 0.125. The number of nitrogens with two attached hydrogens (primary N) is 1. The van der Waals surface area contributed by atoms with Crippen molar-refractivity contribution in [2.24, 2.45) is 0 Å². The summed E-state index contributed by atoms with van der Waals surface area (Å²) in [7, 11) is 0. The predicted molar refractivity (Wildman–Crippen MR) is 111 cm³/mol. The van der Waals surface area contributed by atoms with Crippen LogP contribution in [0.3, 0.4) is 0 Å². The number of rotatable bonds is 3. The van der Waals surface area contributed by atoms with Crippen LogP contribution in [0, 0.1) is 23.5 Å². The van der Waals surface area contributed by atoms with Crippen molar-refractivity contribution in [1.82, 2.24) is 5.32 Å². The largest absolute Gasteiger partial charge is 0.449 e. The molecule has 1 aliphatic rings. The Morgan fingerprint density at radius 2 is 1.60 bits per heavy atom. The third-order valence-electron chi connectivity index (χ3n) is 4.98. The van der Waals surface area contributed by atoms with E-state index in [-0.39, 0.29) is 30.3 Å². The smallest absolute Gasteiger partial charge is 0.407 e. The van der Waals surface area contributed by atoms with Crippen LogP contribution in [0.1, 0.15) is 22.6 Å². The molecule has 1 amide bonds. The van der Waals surface area contributed by atoms with Gasteiger partial charge in [0.15, 0.2) is 11.6 Å². The molecule has 4 nitrogen and oxygen atoms in total. The monoisotopic (exact) mass is 404 g/mol. The number of benzene rings is 3. The maximum Gasteiger partial charge on any atom is 0.407 e. The number of alkyl carbamates (subject to hydrolysis) is 1. The Morgan fingerprint density at radius 1 is 1.00 bits per heavy atom. The summed E-state index contributed by atoms with van der Waals surface area (Å²) in [6.07, 6.45) is -0.607. The van der Waals surface area contributed by atoms with Crippen LogP contribution in [-0.2, 0) is 4.74 Å². The number of carbonyl (C=O) groups is 1. The Hall–Kier alpha value is -3.85.